The van der Waals surface area contributed by atoms with Crippen LogP contribution in [0.3, 0.4) is 0 Å². The molecule has 0 radical (unpaired) electrons. The van der Waals surface area contributed by atoms with Crippen LogP contribution < -0.4 is 11.5 Å². The van der Waals surface area contributed by atoms with Gasteiger partial charge in [-0.25, -0.2) is 13.8 Å². The van der Waals surface area contributed by atoms with Crippen molar-refractivity contribution in [2.24, 2.45) is 21.5 Å². The smallest absolute Gasteiger partial charge is 0.251 e. The molecule has 7 heteroatoms. The number of alkyl halides is 2. The summed E-state index contributed by atoms with van der Waals surface area (Å²) in [5.41, 5.74) is 15.2. The molecule has 0 saturated carbocycles. The van der Waals surface area contributed by atoms with E-state index in [1.165, 1.54) is 24.0 Å². The number of hydrogen-bond acceptors (Lipinski definition) is 1. The first-order chi connectivity index (χ1) is 11.4. The van der Waals surface area contributed by atoms with Crippen LogP contribution in [-0.2, 0) is 12.8 Å². The van der Waals surface area contributed by atoms with Crippen LogP contribution in [0.4, 0.5) is 14.5 Å². The highest BCUT2D eigenvalue weighted by Gasteiger charge is 2.34. The summed E-state index contributed by atoms with van der Waals surface area (Å²) in [5, 5.41) is 0. The zero-order valence-electron chi connectivity index (χ0n) is 13.6. The predicted molar refractivity (Wildman–Crippen MR) is 91.7 cm³/mol. The van der Waals surface area contributed by atoms with Gasteiger partial charge in [-0.1, -0.05) is 6.07 Å². The van der Waals surface area contributed by atoms with Crippen LogP contribution in [-0.4, -0.2) is 35.8 Å². The molecule has 0 bridgehead atoms. The molecule has 1 saturated heterocycles. The molecule has 0 unspecified atom stereocenters. The first-order valence-corrected chi connectivity index (χ1v) is 8.36. The molecule has 0 aromatic heterocycles. The summed E-state index contributed by atoms with van der Waals surface area (Å²) in [5.74, 6) is -2.43. The molecule has 5 nitrogen and oxygen atoms in total. The lowest BCUT2D eigenvalue weighted by Crippen LogP contribution is -2.46. The predicted octanol–water partition coefficient (Wildman–Crippen LogP) is 2.56. The summed E-state index contributed by atoms with van der Waals surface area (Å²) in [6, 6.07) is 6.04. The van der Waals surface area contributed by atoms with Crippen LogP contribution in [0.2, 0.25) is 0 Å². The Morgan fingerprint density at radius 3 is 2.42 bits per heavy atom. The minimum Gasteiger partial charge on any atom is -0.369 e. The van der Waals surface area contributed by atoms with Crippen molar-refractivity contribution in [1.82, 2.24) is 4.90 Å². The largest absolute Gasteiger partial charge is 0.369 e. The second-order valence-electron chi connectivity index (χ2n) is 6.44. The monoisotopic (exact) mass is 335 g/mol. The third kappa shape index (κ3) is 4.01. The van der Waals surface area contributed by atoms with Crippen LogP contribution in [0.1, 0.15) is 36.8 Å². The Morgan fingerprint density at radius 1 is 1.04 bits per heavy atom. The van der Waals surface area contributed by atoms with Crippen molar-refractivity contribution in [3.63, 3.8) is 0 Å². The van der Waals surface area contributed by atoms with Crippen molar-refractivity contribution in [3.05, 3.63) is 29.3 Å². The van der Waals surface area contributed by atoms with E-state index < -0.39 is 5.92 Å². The molecule has 2 aliphatic rings. The first kappa shape index (κ1) is 16.7. The maximum atomic E-state index is 13.2. The van der Waals surface area contributed by atoms with Gasteiger partial charge in [0.25, 0.3) is 5.92 Å². The molecule has 1 aliphatic heterocycles. The van der Waals surface area contributed by atoms with Crippen LogP contribution in [0, 0.1) is 0 Å². The normalized spacial score (nSPS) is 21.5. The Kier molecular flexibility index (Phi) is 4.69. The van der Waals surface area contributed by atoms with Crippen molar-refractivity contribution in [3.8, 4) is 0 Å². The van der Waals surface area contributed by atoms with E-state index in [0.717, 1.165) is 18.5 Å². The van der Waals surface area contributed by atoms with E-state index in [0.29, 0.717) is 0 Å². The summed E-state index contributed by atoms with van der Waals surface area (Å²) in [4.78, 5) is 9.96. The highest BCUT2D eigenvalue weighted by atomic mass is 19.3. The van der Waals surface area contributed by atoms with Gasteiger partial charge in [0.05, 0.1) is 5.69 Å². The van der Waals surface area contributed by atoms with Gasteiger partial charge in [0.2, 0.25) is 5.96 Å². The Labute approximate surface area is 140 Å². The topological polar surface area (TPSA) is 80.0 Å². The van der Waals surface area contributed by atoms with Crippen molar-refractivity contribution < 1.29 is 8.78 Å². The first-order valence-electron chi connectivity index (χ1n) is 8.36. The Bertz CT molecular complexity index is 659. The fraction of sp³-hybridized carbons (Fsp3) is 0.529. The highest BCUT2D eigenvalue weighted by molar-refractivity contribution is 5.94. The summed E-state index contributed by atoms with van der Waals surface area (Å²) in [7, 11) is 0. The molecule has 1 heterocycles. The molecular weight excluding hydrogens is 312 g/mol. The van der Waals surface area contributed by atoms with Gasteiger partial charge < -0.3 is 16.4 Å². The standard InChI is InChI=1S/C17H23F2N5/c18-17(19)7-9-24(10-8-17)16(21)23-15(20)22-14-6-5-12-3-1-2-4-13(12)11-14/h5-6,11H,1-4,7-10H2,(H4,20,21,22,23). The van der Waals surface area contributed by atoms with Crippen molar-refractivity contribution >= 4 is 17.6 Å². The van der Waals surface area contributed by atoms with Crippen LogP contribution in [0.5, 0.6) is 0 Å². The zero-order valence-corrected chi connectivity index (χ0v) is 13.6. The molecule has 1 aliphatic carbocycles. The number of halogens is 2. The van der Waals surface area contributed by atoms with Crippen LogP contribution in [0.15, 0.2) is 28.2 Å². The lowest BCUT2D eigenvalue weighted by molar-refractivity contribution is -0.0435. The maximum absolute atomic E-state index is 13.2. The maximum Gasteiger partial charge on any atom is 0.251 e. The average molecular weight is 335 g/mol. The summed E-state index contributed by atoms with van der Waals surface area (Å²) < 4.78 is 26.3. The fourth-order valence-electron chi connectivity index (χ4n) is 3.20. The van der Waals surface area contributed by atoms with E-state index >= 15 is 0 Å². The van der Waals surface area contributed by atoms with E-state index in [4.69, 9.17) is 11.5 Å². The molecule has 0 amide bonds. The number of aliphatic imine (C=N–C) groups is 2. The van der Waals surface area contributed by atoms with Crippen molar-refractivity contribution in [1.29, 1.82) is 0 Å². The van der Waals surface area contributed by atoms with E-state index in [-0.39, 0.29) is 37.9 Å². The average Bonchev–Trinajstić information content (AvgIpc) is 2.54. The number of hydrogen-bond donors (Lipinski definition) is 2. The number of aryl methyl sites for hydroxylation is 2. The van der Waals surface area contributed by atoms with Gasteiger partial charge in [0.15, 0.2) is 5.96 Å². The van der Waals surface area contributed by atoms with Gasteiger partial charge in [-0.05, 0) is 48.9 Å². The molecule has 1 aromatic rings. The molecule has 0 atom stereocenters. The lowest BCUT2D eigenvalue weighted by Gasteiger charge is -2.32. The van der Waals surface area contributed by atoms with E-state index in [1.807, 2.05) is 12.1 Å². The molecule has 130 valence electrons. The second kappa shape index (κ2) is 6.75. The second-order valence-corrected chi connectivity index (χ2v) is 6.44. The zero-order chi connectivity index (χ0) is 17.2. The minimum atomic E-state index is -2.61. The molecular formula is C17H23F2N5. The van der Waals surface area contributed by atoms with Gasteiger partial charge in [-0.15, -0.1) is 0 Å². The van der Waals surface area contributed by atoms with Gasteiger partial charge in [-0.3, -0.25) is 0 Å². The van der Waals surface area contributed by atoms with Gasteiger partial charge in [0, 0.05) is 25.9 Å². The number of guanidine groups is 2. The van der Waals surface area contributed by atoms with Crippen molar-refractivity contribution in [2.75, 3.05) is 13.1 Å². The molecule has 4 N–H and O–H groups in total. The summed E-state index contributed by atoms with van der Waals surface area (Å²) in [6.07, 6.45) is 4.16. The SMILES string of the molecule is NC(=Nc1ccc2c(c1)CCCC2)/N=C(/N)N1CCC(F)(F)CC1. The fourth-order valence-corrected chi connectivity index (χ4v) is 3.20. The molecule has 24 heavy (non-hydrogen) atoms. The number of rotatable bonds is 1. The number of nitrogens with zero attached hydrogens (tertiary/aromatic N) is 3. The number of fused-ring (bicyclic) bond motifs is 1. The minimum absolute atomic E-state index is 0.0422. The van der Waals surface area contributed by atoms with Gasteiger partial charge >= 0.3 is 0 Å². The van der Waals surface area contributed by atoms with E-state index in [9.17, 15) is 8.78 Å². The van der Waals surface area contributed by atoms with Gasteiger partial charge in [-0.2, -0.15) is 4.99 Å². The van der Waals surface area contributed by atoms with Gasteiger partial charge in [0.1, 0.15) is 0 Å². The lowest BCUT2D eigenvalue weighted by atomic mass is 9.91. The van der Waals surface area contributed by atoms with Crippen LogP contribution in [0.25, 0.3) is 0 Å². The van der Waals surface area contributed by atoms with Crippen molar-refractivity contribution in [2.45, 2.75) is 44.4 Å². The third-order valence-corrected chi connectivity index (χ3v) is 4.62. The summed E-state index contributed by atoms with van der Waals surface area (Å²) >= 11 is 0. The van der Waals surface area contributed by atoms with Crippen LogP contribution >= 0.6 is 0 Å². The van der Waals surface area contributed by atoms with E-state index in [2.05, 4.69) is 16.1 Å². The highest BCUT2D eigenvalue weighted by Crippen LogP contribution is 2.27. The molecule has 3 rings (SSSR count). The number of piperidine rings is 1. The van der Waals surface area contributed by atoms with E-state index in [1.54, 1.807) is 4.90 Å². The number of nitrogens with two attached hydrogens (primary N) is 2. The quantitative estimate of drug-likeness (QED) is 0.611. The third-order valence-electron chi connectivity index (χ3n) is 4.62. The molecule has 1 aromatic carbocycles. The number of benzene rings is 1. The Balaban J connectivity index is 1.69. The molecule has 0 spiro atoms. The molecule has 1 fully saturated rings. The number of likely N-dealkylation sites (tertiary alicyclic amines) is 1. The summed E-state index contributed by atoms with van der Waals surface area (Å²) in [6.45, 7) is 0.350. The Hall–Kier alpha value is -2.18. The Morgan fingerprint density at radius 2 is 1.71 bits per heavy atom.